The Bertz CT molecular complexity index is 953. The van der Waals surface area contributed by atoms with E-state index in [1.807, 2.05) is 51.1 Å². The number of thioether (sulfide) groups is 1. The van der Waals surface area contributed by atoms with Gasteiger partial charge in [-0.25, -0.2) is 4.68 Å². The van der Waals surface area contributed by atoms with E-state index in [2.05, 4.69) is 20.6 Å². The number of hydrogen-bond acceptors (Lipinski definition) is 6. The molecule has 1 aromatic carbocycles. The molecule has 3 rings (SSSR count). The van der Waals surface area contributed by atoms with Gasteiger partial charge in [0.25, 0.3) is 0 Å². The second-order valence-corrected chi connectivity index (χ2v) is 7.00. The first-order chi connectivity index (χ1) is 13.0. The molecule has 0 fully saturated rings. The average Bonchev–Trinajstić information content (AvgIpc) is 2.94. The Morgan fingerprint density at radius 1 is 1.19 bits per heavy atom. The van der Waals surface area contributed by atoms with Crippen LogP contribution in [0.15, 0.2) is 41.4 Å². The lowest BCUT2D eigenvalue weighted by atomic mass is 10.2. The number of amides is 1. The van der Waals surface area contributed by atoms with Crippen molar-refractivity contribution in [3.05, 3.63) is 53.3 Å². The molecule has 0 spiro atoms. The van der Waals surface area contributed by atoms with Gasteiger partial charge in [-0.3, -0.25) is 4.79 Å². The van der Waals surface area contributed by atoms with Crippen molar-refractivity contribution in [2.45, 2.75) is 25.8 Å². The van der Waals surface area contributed by atoms with Crippen molar-refractivity contribution < 1.29 is 9.53 Å². The van der Waals surface area contributed by atoms with E-state index in [4.69, 9.17) is 4.74 Å². The van der Waals surface area contributed by atoms with E-state index in [1.54, 1.807) is 17.9 Å². The molecule has 1 amide bonds. The maximum Gasteiger partial charge on any atom is 0.234 e. The van der Waals surface area contributed by atoms with E-state index in [0.29, 0.717) is 22.3 Å². The van der Waals surface area contributed by atoms with E-state index >= 15 is 0 Å². The number of nitrogens with zero attached hydrogens (tertiary/aromatic N) is 4. The van der Waals surface area contributed by atoms with E-state index in [9.17, 15) is 4.79 Å². The lowest BCUT2D eigenvalue weighted by Crippen LogP contribution is -2.14. The van der Waals surface area contributed by atoms with Crippen molar-refractivity contribution in [2.24, 2.45) is 0 Å². The van der Waals surface area contributed by atoms with Gasteiger partial charge in [-0.2, -0.15) is 5.10 Å². The monoisotopic (exact) mass is 383 g/mol. The lowest BCUT2D eigenvalue weighted by Gasteiger charge is -2.07. The first-order valence-electron chi connectivity index (χ1n) is 8.41. The molecule has 0 aliphatic rings. The Labute approximate surface area is 162 Å². The number of hydrogen-bond donors (Lipinski definition) is 1. The third-order valence-electron chi connectivity index (χ3n) is 4.20. The highest BCUT2D eigenvalue weighted by Crippen LogP contribution is 2.20. The Hall–Kier alpha value is -2.87. The summed E-state index contributed by atoms with van der Waals surface area (Å²) >= 11 is 1.33. The van der Waals surface area contributed by atoms with Gasteiger partial charge >= 0.3 is 0 Å². The standard InChI is InChI=1S/C19H21N5O2S/c1-12-13(2)23-24(14(12)3)17-8-9-19(22-21-17)27-11-18(25)20-15-6-5-7-16(10-15)26-4/h5-10H,11H2,1-4H3,(H,20,25). The van der Waals surface area contributed by atoms with Crippen molar-refractivity contribution in [1.82, 2.24) is 20.0 Å². The molecule has 0 aliphatic carbocycles. The molecule has 0 aliphatic heterocycles. The number of benzene rings is 1. The minimum Gasteiger partial charge on any atom is -0.497 e. The van der Waals surface area contributed by atoms with Gasteiger partial charge in [0.05, 0.1) is 18.6 Å². The van der Waals surface area contributed by atoms with Crippen molar-refractivity contribution in [3.63, 3.8) is 0 Å². The average molecular weight is 383 g/mol. The summed E-state index contributed by atoms with van der Waals surface area (Å²) in [7, 11) is 1.59. The molecule has 8 heteroatoms. The number of rotatable bonds is 6. The number of ether oxygens (including phenoxy) is 1. The Morgan fingerprint density at radius 3 is 2.63 bits per heavy atom. The van der Waals surface area contributed by atoms with Crippen LogP contribution < -0.4 is 10.1 Å². The normalized spacial score (nSPS) is 10.7. The number of carbonyl (C=O) groups is 1. The number of anilines is 1. The number of aryl methyl sites for hydroxylation is 1. The number of methoxy groups -OCH3 is 1. The molecule has 140 valence electrons. The number of carbonyl (C=O) groups excluding carboxylic acids is 1. The minimum absolute atomic E-state index is 0.117. The second kappa shape index (κ2) is 8.22. The Balaban J connectivity index is 1.59. The second-order valence-electron chi connectivity index (χ2n) is 6.01. The van der Waals surface area contributed by atoms with Gasteiger partial charge in [0.2, 0.25) is 5.91 Å². The highest BCUT2D eigenvalue weighted by molar-refractivity contribution is 7.99. The third-order valence-corrected chi connectivity index (χ3v) is 5.12. The van der Waals surface area contributed by atoms with Gasteiger partial charge in [-0.1, -0.05) is 17.8 Å². The lowest BCUT2D eigenvalue weighted by molar-refractivity contribution is -0.113. The van der Waals surface area contributed by atoms with E-state index in [-0.39, 0.29) is 11.7 Å². The van der Waals surface area contributed by atoms with Crippen LogP contribution in [0.4, 0.5) is 5.69 Å². The molecule has 0 unspecified atom stereocenters. The summed E-state index contributed by atoms with van der Waals surface area (Å²) < 4.78 is 6.93. The first-order valence-corrected chi connectivity index (χ1v) is 9.40. The van der Waals surface area contributed by atoms with Crippen LogP contribution in [0.3, 0.4) is 0 Å². The first kappa shape index (κ1) is 18.9. The summed E-state index contributed by atoms with van der Waals surface area (Å²) in [5.74, 6) is 1.48. The van der Waals surface area contributed by atoms with Crippen molar-refractivity contribution in [3.8, 4) is 11.6 Å². The highest BCUT2D eigenvalue weighted by atomic mass is 32.2. The molecule has 1 N–H and O–H groups in total. The summed E-state index contributed by atoms with van der Waals surface area (Å²) in [6.07, 6.45) is 0. The SMILES string of the molecule is COc1cccc(NC(=O)CSc2ccc(-n3nc(C)c(C)c3C)nn2)c1. The van der Waals surface area contributed by atoms with Gasteiger partial charge in [-0.05, 0) is 50.6 Å². The number of aromatic nitrogens is 4. The van der Waals surface area contributed by atoms with Gasteiger partial charge < -0.3 is 10.1 Å². The zero-order valence-electron chi connectivity index (χ0n) is 15.7. The van der Waals surface area contributed by atoms with Crippen LogP contribution in [0.2, 0.25) is 0 Å². The van der Waals surface area contributed by atoms with Gasteiger partial charge in [-0.15, -0.1) is 10.2 Å². The third kappa shape index (κ3) is 4.46. The largest absolute Gasteiger partial charge is 0.497 e. The minimum atomic E-state index is -0.117. The molecule has 2 heterocycles. The van der Waals surface area contributed by atoms with Crippen molar-refractivity contribution in [2.75, 3.05) is 18.2 Å². The molecule has 7 nitrogen and oxygen atoms in total. The maximum atomic E-state index is 12.1. The zero-order chi connectivity index (χ0) is 19.4. The van der Waals surface area contributed by atoms with Crippen LogP contribution in [-0.4, -0.2) is 38.7 Å². The summed E-state index contributed by atoms with van der Waals surface area (Å²) in [6.45, 7) is 6.01. The van der Waals surface area contributed by atoms with Crippen LogP contribution in [0.1, 0.15) is 17.0 Å². The van der Waals surface area contributed by atoms with E-state index < -0.39 is 0 Å². The highest BCUT2D eigenvalue weighted by Gasteiger charge is 2.11. The number of nitrogens with one attached hydrogen (secondary N) is 1. The van der Waals surface area contributed by atoms with Gasteiger partial charge in [0.15, 0.2) is 5.82 Å². The molecule has 3 aromatic rings. The summed E-state index contributed by atoms with van der Waals surface area (Å²) in [4.78, 5) is 12.1. The quantitative estimate of drug-likeness (QED) is 0.658. The predicted molar refractivity (Wildman–Crippen MR) is 106 cm³/mol. The molecule has 27 heavy (non-hydrogen) atoms. The molecular formula is C19H21N5O2S. The molecule has 0 saturated carbocycles. The fourth-order valence-corrected chi connectivity index (χ4v) is 3.10. The van der Waals surface area contributed by atoms with Gasteiger partial charge in [0, 0.05) is 17.4 Å². The van der Waals surface area contributed by atoms with E-state index in [1.165, 1.54) is 11.8 Å². The Morgan fingerprint density at radius 2 is 2.00 bits per heavy atom. The van der Waals surface area contributed by atoms with Crippen LogP contribution in [-0.2, 0) is 4.79 Å². The summed E-state index contributed by atoms with van der Waals surface area (Å²) in [5, 5.41) is 16.4. The molecular weight excluding hydrogens is 362 g/mol. The van der Waals surface area contributed by atoms with Crippen molar-refractivity contribution >= 4 is 23.4 Å². The maximum absolute atomic E-state index is 12.1. The predicted octanol–water partition coefficient (Wildman–Crippen LogP) is 3.33. The van der Waals surface area contributed by atoms with Crippen LogP contribution in [0.5, 0.6) is 5.75 Å². The molecule has 0 bridgehead atoms. The zero-order valence-corrected chi connectivity index (χ0v) is 16.5. The van der Waals surface area contributed by atoms with Crippen LogP contribution in [0, 0.1) is 20.8 Å². The molecule has 0 atom stereocenters. The smallest absolute Gasteiger partial charge is 0.234 e. The fourth-order valence-electron chi connectivity index (χ4n) is 2.48. The molecule has 0 saturated heterocycles. The topological polar surface area (TPSA) is 81.9 Å². The molecule has 2 aromatic heterocycles. The van der Waals surface area contributed by atoms with Crippen LogP contribution >= 0.6 is 11.8 Å². The Kier molecular flexibility index (Phi) is 5.75. The van der Waals surface area contributed by atoms with Crippen LogP contribution in [0.25, 0.3) is 5.82 Å². The van der Waals surface area contributed by atoms with Crippen molar-refractivity contribution in [1.29, 1.82) is 0 Å². The summed E-state index contributed by atoms with van der Waals surface area (Å²) in [5.41, 5.74) is 3.85. The molecule has 0 radical (unpaired) electrons. The summed E-state index contributed by atoms with van der Waals surface area (Å²) in [6, 6.07) is 10.9. The van der Waals surface area contributed by atoms with Gasteiger partial charge in [0.1, 0.15) is 10.8 Å². The fraction of sp³-hybridized carbons (Fsp3) is 0.263. The van der Waals surface area contributed by atoms with E-state index in [0.717, 1.165) is 17.0 Å².